The van der Waals surface area contributed by atoms with Crippen molar-refractivity contribution in [2.24, 2.45) is 11.7 Å². The van der Waals surface area contributed by atoms with E-state index in [1.165, 1.54) is 18.0 Å². The number of carbonyl (C=O) groups is 1. The highest BCUT2D eigenvalue weighted by atomic mass is 32.1. The van der Waals surface area contributed by atoms with E-state index in [9.17, 15) is 4.79 Å². The molecule has 5 nitrogen and oxygen atoms in total. The van der Waals surface area contributed by atoms with Crippen molar-refractivity contribution in [2.75, 3.05) is 6.54 Å². The first kappa shape index (κ1) is 11.5. The third-order valence-corrected chi connectivity index (χ3v) is 3.63. The minimum Gasteiger partial charge on any atom is -0.348 e. The molecule has 1 heterocycles. The molecular weight excluding hydrogens is 224 g/mol. The van der Waals surface area contributed by atoms with Gasteiger partial charge in [-0.2, -0.15) is 0 Å². The first-order chi connectivity index (χ1) is 7.81. The number of hydrogen-bond donors (Lipinski definition) is 2. The second-order valence-corrected chi connectivity index (χ2v) is 4.76. The molecule has 88 valence electrons. The van der Waals surface area contributed by atoms with Crippen molar-refractivity contribution < 1.29 is 4.79 Å². The molecule has 1 aromatic heterocycles. The van der Waals surface area contributed by atoms with Crippen LogP contribution in [0.5, 0.6) is 0 Å². The second kappa shape index (κ2) is 5.36. The maximum absolute atomic E-state index is 11.8. The zero-order valence-corrected chi connectivity index (χ0v) is 9.87. The molecule has 1 aliphatic rings. The predicted molar refractivity (Wildman–Crippen MR) is 62.2 cm³/mol. The van der Waals surface area contributed by atoms with Gasteiger partial charge in [-0.15, -0.1) is 5.10 Å². The lowest BCUT2D eigenvalue weighted by atomic mass is 9.84. The van der Waals surface area contributed by atoms with E-state index in [4.69, 9.17) is 5.73 Å². The van der Waals surface area contributed by atoms with E-state index in [2.05, 4.69) is 14.9 Å². The molecule has 1 aromatic rings. The first-order valence-electron chi connectivity index (χ1n) is 5.59. The standard InChI is InChI=1S/C10H16N4OS/c11-5-7-3-1-2-4-8(7)12-10(15)9-6-16-14-13-9/h6-8H,1-5,11H2,(H,12,15). The molecule has 1 aliphatic carbocycles. The highest BCUT2D eigenvalue weighted by molar-refractivity contribution is 7.03. The fraction of sp³-hybridized carbons (Fsp3) is 0.700. The molecule has 2 rings (SSSR count). The number of aromatic nitrogens is 2. The summed E-state index contributed by atoms with van der Waals surface area (Å²) in [6, 6.07) is 0.202. The molecule has 6 heteroatoms. The van der Waals surface area contributed by atoms with Crippen LogP contribution in [-0.2, 0) is 0 Å². The Labute approximate surface area is 98.6 Å². The largest absolute Gasteiger partial charge is 0.348 e. The zero-order valence-electron chi connectivity index (χ0n) is 9.06. The second-order valence-electron chi connectivity index (χ2n) is 4.15. The van der Waals surface area contributed by atoms with E-state index in [0.717, 1.165) is 19.3 Å². The summed E-state index contributed by atoms with van der Waals surface area (Å²) in [6.07, 6.45) is 4.51. The van der Waals surface area contributed by atoms with Gasteiger partial charge in [-0.3, -0.25) is 4.79 Å². The van der Waals surface area contributed by atoms with Gasteiger partial charge in [0.1, 0.15) is 0 Å². The number of amides is 1. The molecule has 3 N–H and O–H groups in total. The average Bonchev–Trinajstić information content (AvgIpc) is 2.83. The van der Waals surface area contributed by atoms with Crippen LogP contribution in [0.1, 0.15) is 36.2 Å². The van der Waals surface area contributed by atoms with Crippen molar-refractivity contribution in [3.8, 4) is 0 Å². The van der Waals surface area contributed by atoms with Gasteiger partial charge in [-0.25, -0.2) is 0 Å². The van der Waals surface area contributed by atoms with Crippen molar-refractivity contribution in [1.82, 2.24) is 14.9 Å². The first-order valence-corrected chi connectivity index (χ1v) is 6.43. The van der Waals surface area contributed by atoms with Crippen LogP contribution in [0, 0.1) is 5.92 Å². The fourth-order valence-corrected chi connectivity index (χ4v) is 2.62. The molecule has 0 spiro atoms. The minimum absolute atomic E-state index is 0.126. The summed E-state index contributed by atoms with van der Waals surface area (Å²) in [7, 11) is 0. The molecule has 0 aromatic carbocycles. The van der Waals surface area contributed by atoms with Gasteiger partial charge in [-0.1, -0.05) is 17.3 Å². The Kier molecular flexibility index (Phi) is 3.84. The van der Waals surface area contributed by atoms with Gasteiger partial charge < -0.3 is 11.1 Å². The highest BCUT2D eigenvalue weighted by Gasteiger charge is 2.26. The molecule has 2 atom stereocenters. The van der Waals surface area contributed by atoms with E-state index < -0.39 is 0 Å². The van der Waals surface area contributed by atoms with Crippen molar-refractivity contribution in [3.05, 3.63) is 11.1 Å². The van der Waals surface area contributed by atoms with E-state index in [1.54, 1.807) is 5.38 Å². The predicted octanol–water partition coefficient (Wildman–Crippen LogP) is 0.785. The Hall–Kier alpha value is -1.01. The number of hydrogen-bond acceptors (Lipinski definition) is 5. The van der Waals surface area contributed by atoms with Crippen molar-refractivity contribution >= 4 is 17.4 Å². The number of carbonyl (C=O) groups excluding carboxylic acids is 1. The van der Waals surface area contributed by atoms with E-state index in [0.29, 0.717) is 18.2 Å². The third-order valence-electron chi connectivity index (χ3n) is 3.12. The fourth-order valence-electron chi connectivity index (χ4n) is 2.19. The van der Waals surface area contributed by atoms with Gasteiger partial charge in [0.25, 0.3) is 5.91 Å². The number of nitrogens with zero attached hydrogens (tertiary/aromatic N) is 2. The normalized spacial score (nSPS) is 25.3. The lowest BCUT2D eigenvalue weighted by Gasteiger charge is -2.30. The summed E-state index contributed by atoms with van der Waals surface area (Å²) in [5.41, 5.74) is 6.12. The van der Waals surface area contributed by atoms with Crippen molar-refractivity contribution in [2.45, 2.75) is 31.7 Å². The minimum atomic E-state index is -0.126. The number of nitrogens with one attached hydrogen (secondary N) is 1. The van der Waals surface area contributed by atoms with Gasteiger partial charge in [0.05, 0.1) is 0 Å². The van der Waals surface area contributed by atoms with Crippen molar-refractivity contribution in [3.63, 3.8) is 0 Å². The molecule has 1 amide bonds. The van der Waals surface area contributed by atoms with Crippen LogP contribution < -0.4 is 11.1 Å². The van der Waals surface area contributed by atoms with Crippen LogP contribution in [0.25, 0.3) is 0 Å². The van der Waals surface area contributed by atoms with Crippen LogP contribution in [0.2, 0.25) is 0 Å². The van der Waals surface area contributed by atoms with Crippen molar-refractivity contribution in [1.29, 1.82) is 0 Å². The average molecular weight is 240 g/mol. The lowest BCUT2D eigenvalue weighted by molar-refractivity contribution is 0.0903. The molecule has 16 heavy (non-hydrogen) atoms. The molecule has 2 unspecified atom stereocenters. The molecule has 1 saturated carbocycles. The molecular formula is C10H16N4OS. The smallest absolute Gasteiger partial charge is 0.272 e. The Balaban J connectivity index is 1.95. The van der Waals surface area contributed by atoms with Crippen LogP contribution in [-0.4, -0.2) is 28.1 Å². The van der Waals surface area contributed by atoms with Crippen LogP contribution in [0.3, 0.4) is 0 Å². The third kappa shape index (κ3) is 2.56. The summed E-state index contributed by atoms with van der Waals surface area (Å²) < 4.78 is 3.68. The Bertz CT molecular complexity index is 341. The Morgan fingerprint density at radius 3 is 3.06 bits per heavy atom. The van der Waals surface area contributed by atoms with E-state index in [-0.39, 0.29) is 11.9 Å². The molecule has 0 aliphatic heterocycles. The quantitative estimate of drug-likeness (QED) is 0.818. The highest BCUT2D eigenvalue weighted by Crippen LogP contribution is 2.23. The number of nitrogens with two attached hydrogens (primary N) is 1. The topological polar surface area (TPSA) is 80.9 Å². The summed E-state index contributed by atoms with van der Waals surface area (Å²) in [5.74, 6) is 0.281. The molecule has 0 radical (unpaired) electrons. The summed E-state index contributed by atoms with van der Waals surface area (Å²) in [5, 5.41) is 8.43. The van der Waals surface area contributed by atoms with Crippen LogP contribution >= 0.6 is 11.5 Å². The molecule has 0 bridgehead atoms. The van der Waals surface area contributed by atoms with E-state index in [1.807, 2.05) is 0 Å². The molecule has 0 saturated heterocycles. The van der Waals surface area contributed by atoms with Crippen LogP contribution in [0.4, 0.5) is 0 Å². The van der Waals surface area contributed by atoms with Crippen LogP contribution in [0.15, 0.2) is 5.38 Å². The Morgan fingerprint density at radius 1 is 1.56 bits per heavy atom. The maximum atomic E-state index is 11.8. The SMILES string of the molecule is NCC1CCCCC1NC(=O)c1csnn1. The number of rotatable bonds is 3. The van der Waals surface area contributed by atoms with Gasteiger partial charge in [0.2, 0.25) is 0 Å². The van der Waals surface area contributed by atoms with Gasteiger partial charge >= 0.3 is 0 Å². The summed E-state index contributed by atoms with van der Waals surface area (Å²) in [4.78, 5) is 11.8. The lowest BCUT2D eigenvalue weighted by Crippen LogP contribution is -2.44. The molecule has 1 fully saturated rings. The van der Waals surface area contributed by atoms with Gasteiger partial charge in [0.15, 0.2) is 5.69 Å². The van der Waals surface area contributed by atoms with Gasteiger partial charge in [-0.05, 0) is 36.8 Å². The van der Waals surface area contributed by atoms with E-state index >= 15 is 0 Å². The summed E-state index contributed by atoms with van der Waals surface area (Å²) >= 11 is 1.19. The van der Waals surface area contributed by atoms with Gasteiger partial charge in [0, 0.05) is 11.4 Å². The Morgan fingerprint density at radius 2 is 2.38 bits per heavy atom. The maximum Gasteiger partial charge on any atom is 0.272 e. The zero-order chi connectivity index (χ0) is 11.4. The monoisotopic (exact) mass is 240 g/mol. The summed E-state index contributed by atoms with van der Waals surface area (Å²) in [6.45, 7) is 0.639.